The van der Waals surface area contributed by atoms with Gasteiger partial charge in [0.15, 0.2) is 0 Å². The van der Waals surface area contributed by atoms with Gasteiger partial charge >= 0.3 is 0 Å². The molecule has 1 unspecified atom stereocenters. The van der Waals surface area contributed by atoms with Crippen molar-refractivity contribution < 1.29 is 4.74 Å². The average Bonchev–Trinajstić information content (AvgIpc) is 2.61. The number of ether oxygens (including phenoxy) is 1. The molecule has 3 aromatic rings. The third-order valence-electron chi connectivity index (χ3n) is 4.21. The fourth-order valence-electron chi connectivity index (χ4n) is 3.16. The SMILES string of the molecule is N#CC1=C(N)Oc2ccc3cc(Br)ccc3c2C1c1ccncc1. The Morgan fingerprint density at radius 1 is 1.12 bits per heavy atom. The number of fused-ring (bicyclic) bond motifs is 3. The molecule has 2 N–H and O–H groups in total. The molecule has 2 aromatic carbocycles. The van der Waals surface area contributed by atoms with Crippen LogP contribution in [0.3, 0.4) is 0 Å². The van der Waals surface area contributed by atoms with E-state index in [1.54, 1.807) is 12.4 Å². The molecule has 4 nitrogen and oxygen atoms in total. The highest BCUT2D eigenvalue weighted by Crippen LogP contribution is 2.45. The van der Waals surface area contributed by atoms with Gasteiger partial charge in [-0.15, -0.1) is 0 Å². The van der Waals surface area contributed by atoms with Crippen LogP contribution < -0.4 is 10.5 Å². The highest BCUT2D eigenvalue weighted by molar-refractivity contribution is 9.10. The number of hydrogen-bond acceptors (Lipinski definition) is 4. The van der Waals surface area contributed by atoms with E-state index in [1.807, 2.05) is 42.5 Å². The van der Waals surface area contributed by atoms with Gasteiger partial charge in [0, 0.05) is 22.4 Å². The lowest BCUT2D eigenvalue weighted by Crippen LogP contribution is -2.21. The van der Waals surface area contributed by atoms with Crippen LogP contribution in [0, 0.1) is 11.3 Å². The molecule has 0 fully saturated rings. The van der Waals surface area contributed by atoms with Crippen LogP contribution in [0.25, 0.3) is 10.8 Å². The molecular formula is C19H12BrN3O. The first kappa shape index (κ1) is 14.7. The smallest absolute Gasteiger partial charge is 0.205 e. The second-order valence-corrected chi connectivity index (χ2v) is 6.46. The summed E-state index contributed by atoms with van der Waals surface area (Å²) in [6, 6.07) is 16.0. The Morgan fingerprint density at radius 3 is 2.67 bits per heavy atom. The molecule has 1 atom stereocenters. The average molecular weight is 378 g/mol. The van der Waals surface area contributed by atoms with Crippen molar-refractivity contribution >= 4 is 26.7 Å². The first-order valence-electron chi connectivity index (χ1n) is 7.38. The van der Waals surface area contributed by atoms with E-state index in [-0.39, 0.29) is 11.8 Å². The number of hydrogen-bond donors (Lipinski definition) is 1. The summed E-state index contributed by atoms with van der Waals surface area (Å²) in [5.41, 5.74) is 8.35. The zero-order chi connectivity index (χ0) is 16.7. The number of benzene rings is 2. The van der Waals surface area contributed by atoms with Gasteiger partial charge in [-0.25, -0.2) is 0 Å². The first-order chi connectivity index (χ1) is 11.7. The minimum absolute atomic E-state index is 0.156. The molecule has 24 heavy (non-hydrogen) atoms. The molecule has 1 aromatic heterocycles. The Labute approximate surface area is 147 Å². The van der Waals surface area contributed by atoms with Gasteiger partial charge in [0.2, 0.25) is 5.88 Å². The number of aromatic nitrogens is 1. The molecule has 0 saturated carbocycles. The van der Waals surface area contributed by atoms with Crippen molar-refractivity contribution in [3.63, 3.8) is 0 Å². The predicted molar refractivity (Wildman–Crippen MR) is 95.2 cm³/mol. The summed E-state index contributed by atoms with van der Waals surface area (Å²) in [4.78, 5) is 4.07. The zero-order valence-electron chi connectivity index (χ0n) is 12.5. The lowest BCUT2D eigenvalue weighted by molar-refractivity contribution is 0.395. The van der Waals surface area contributed by atoms with Crippen molar-refractivity contribution in [3.8, 4) is 11.8 Å². The number of pyridine rings is 1. The minimum atomic E-state index is -0.272. The number of nitrogens with two attached hydrogens (primary N) is 1. The maximum atomic E-state index is 9.64. The summed E-state index contributed by atoms with van der Waals surface area (Å²) < 4.78 is 6.74. The van der Waals surface area contributed by atoms with Crippen molar-refractivity contribution in [2.45, 2.75) is 5.92 Å². The topological polar surface area (TPSA) is 71.9 Å². The Morgan fingerprint density at radius 2 is 1.92 bits per heavy atom. The van der Waals surface area contributed by atoms with Crippen LogP contribution in [0.15, 0.2) is 70.8 Å². The van der Waals surface area contributed by atoms with Gasteiger partial charge in [0.1, 0.15) is 17.4 Å². The zero-order valence-corrected chi connectivity index (χ0v) is 14.1. The van der Waals surface area contributed by atoms with E-state index in [4.69, 9.17) is 10.5 Å². The highest BCUT2D eigenvalue weighted by Gasteiger charge is 2.32. The maximum Gasteiger partial charge on any atom is 0.205 e. The van der Waals surface area contributed by atoms with E-state index >= 15 is 0 Å². The third kappa shape index (κ3) is 2.24. The predicted octanol–water partition coefficient (Wildman–Crippen LogP) is 4.22. The molecular weight excluding hydrogens is 366 g/mol. The van der Waals surface area contributed by atoms with Crippen LogP contribution >= 0.6 is 15.9 Å². The number of allylic oxidation sites excluding steroid dienone is 1. The van der Waals surface area contributed by atoms with E-state index in [0.717, 1.165) is 26.4 Å². The van der Waals surface area contributed by atoms with Crippen molar-refractivity contribution in [3.05, 3.63) is 81.9 Å². The molecule has 1 aliphatic rings. The van der Waals surface area contributed by atoms with Crippen molar-refractivity contribution in [2.24, 2.45) is 5.73 Å². The molecule has 0 radical (unpaired) electrons. The lowest BCUT2D eigenvalue weighted by atomic mass is 9.81. The van der Waals surface area contributed by atoms with Gasteiger partial charge in [-0.3, -0.25) is 4.98 Å². The van der Waals surface area contributed by atoms with E-state index in [2.05, 4.69) is 27.0 Å². The molecule has 2 heterocycles. The van der Waals surface area contributed by atoms with E-state index in [1.165, 1.54) is 0 Å². The highest BCUT2D eigenvalue weighted by atomic mass is 79.9. The maximum absolute atomic E-state index is 9.64. The van der Waals surface area contributed by atoms with Gasteiger partial charge in [0.25, 0.3) is 0 Å². The largest absolute Gasteiger partial charge is 0.440 e. The summed E-state index contributed by atoms with van der Waals surface area (Å²) in [6.45, 7) is 0. The quantitative estimate of drug-likeness (QED) is 0.688. The number of halogens is 1. The van der Waals surface area contributed by atoms with Gasteiger partial charge < -0.3 is 10.5 Å². The Hall–Kier alpha value is -2.84. The fraction of sp³-hybridized carbons (Fsp3) is 0.0526. The van der Waals surface area contributed by atoms with Crippen LogP contribution in [-0.4, -0.2) is 4.98 Å². The van der Waals surface area contributed by atoms with E-state index < -0.39 is 0 Å². The molecule has 5 heteroatoms. The molecule has 1 aliphatic heterocycles. The molecule has 4 rings (SSSR count). The van der Waals surface area contributed by atoms with Crippen molar-refractivity contribution in [2.75, 3.05) is 0 Å². The minimum Gasteiger partial charge on any atom is -0.440 e. The summed E-state index contributed by atoms with van der Waals surface area (Å²) in [6.07, 6.45) is 3.44. The van der Waals surface area contributed by atoms with Gasteiger partial charge in [-0.2, -0.15) is 5.26 Å². The van der Waals surface area contributed by atoms with E-state index in [9.17, 15) is 5.26 Å². The van der Waals surface area contributed by atoms with Crippen LogP contribution in [0.1, 0.15) is 17.0 Å². The second kappa shape index (κ2) is 5.66. The Bertz CT molecular complexity index is 1020. The third-order valence-corrected chi connectivity index (χ3v) is 4.70. The summed E-state index contributed by atoms with van der Waals surface area (Å²) in [5.74, 6) is 0.568. The molecule has 116 valence electrons. The number of nitriles is 1. The van der Waals surface area contributed by atoms with E-state index in [0.29, 0.717) is 11.3 Å². The Kier molecular flexibility index (Phi) is 3.47. The molecule has 0 aliphatic carbocycles. The molecule has 0 saturated heterocycles. The lowest BCUT2D eigenvalue weighted by Gasteiger charge is -2.27. The first-order valence-corrected chi connectivity index (χ1v) is 8.18. The summed E-state index contributed by atoms with van der Waals surface area (Å²) in [7, 11) is 0. The normalized spacial score (nSPS) is 16.4. The van der Waals surface area contributed by atoms with Crippen molar-refractivity contribution in [1.29, 1.82) is 5.26 Å². The summed E-state index contributed by atoms with van der Waals surface area (Å²) in [5, 5.41) is 11.8. The van der Waals surface area contributed by atoms with Crippen LogP contribution in [0.5, 0.6) is 5.75 Å². The van der Waals surface area contributed by atoms with Crippen LogP contribution in [0.4, 0.5) is 0 Å². The van der Waals surface area contributed by atoms with Gasteiger partial charge in [0.05, 0.1) is 5.92 Å². The van der Waals surface area contributed by atoms with Gasteiger partial charge in [-0.05, 0) is 46.7 Å². The summed E-state index contributed by atoms with van der Waals surface area (Å²) >= 11 is 3.50. The molecule has 0 spiro atoms. The molecule has 0 bridgehead atoms. The molecule has 0 amide bonds. The van der Waals surface area contributed by atoms with Crippen LogP contribution in [-0.2, 0) is 0 Å². The number of rotatable bonds is 1. The van der Waals surface area contributed by atoms with Gasteiger partial charge in [-0.1, -0.05) is 28.1 Å². The Balaban J connectivity index is 2.07. The number of nitrogens with zero attached hydrogens (tertiary/aromatic N) is 2. The standard InChI is InChI=1S/C19H12BrN3O/c20-13-2-3-14-12(9-13)1-4-16-18(14)17(11-5-7-23-8-6-11)15(10-21)19(22)24-16/h1-9,17H,22H2. The fourth-order valence-corrected chi connectivity index (χ4v) is 3.54. The van der Waals surface area contributed by atoms with Crippen molar-refractivity contribution in [1.82, 2.24) is 4.98 Å². The van der Waals surface area contributed by atoms with Crippen LogP contribution in [0.2, 0.25) is 0 Å². The second-order valence-electron chi connectivity index (χ2n) is 5.55. The monoisotopic (exact) mass is 377 g/mol.